The Bertz CT molecular complexity index is 1420. The topological polar surface area (TPSA) is 113 Å². The molecule has 3 aromatic rings. The number of hydrogen-bond donors (Lipinski definition) is 2. The summed E-state index contributed by atoms with van der Waals surface area (Å²) in [5.74, 6) is -4.77. The number of benzene rings is 2. The molecule has 232 valence electrons. The Kier molecular flexibility index (Phi) is 10.8. The van der Waals surface area contributed by atoms with Crippen LogP contribution >= 0.6 is 0 Å². The second-order valence-electron chi connectivity index (χ2n) is 9.20. The van der Waals surface area contributed by atoms with Crippen molar-refractivity contribution in [2.45, 2.75) is 44.6 Å². The molecule has 1 heterocycles. The Labute approximate surface area is 240 Å². The fourth-order valence-electron chi connectivity index (χ4n) is 4.12. The number of alkyl halides is 6. The van der Waals surface area contributed by atoms with Crippen molar-refractivity contribution < 1.29 is 54.5 Å². The highest BCUT2D eigenvalue weighted by Crippen LogP contribution is 2.38. The van der Waals surface area contributed by atoms with E-state index in [1.54, 1.807) is 0 Å². The number of nitrogens with zero attached hydrogens (tertiary/aromatic N) is 1. The first kappa shape index (κ1) is 32.9. The van der Waals surface area contributed by atoms with Crippen LogP contribution in [0.4, 0.5) is 36.4 Å². The van der Waals surface area contributed by atoms with Gasteiger partial charge in [0.1, 0.15) is 28.6 Å². The fourth-order valence-corrected chi connectivity index (χ4v) is 4.12. The molecule has 0 aliphatic heterocycles. The molecule has 0 unspecified atom stereocenters. The molecule has 1 aliphatic carbocycles. The lowest BCUT2D eigenvalue weighted by Gasteiger charge is -2.23. The van der Waals surface area contributed by atoms with Crippen LogP contribution in [0, 0.1) is 11.7 Å². The van der Waals surface area contributed by atoms with Gasteiger partial charge in [0.15, 0.2) is 11.5 Å². The second-order valence-corrected chi connectivity index (χ2v) is 9.20. The van der Waals surface area contributed by atoms with Crippen molar-refractivity contribution in [3.8, 4) is 23.0 Å². The number of methoxy groups -OCH3 is 1. The van der Waals surface area contributed by atoms with Gasteiger partial charge < -0.3 is 25.3 Å². The molecule has 0 spiro atoms. The van der Waals surface area contributed by atoms with Crippen molar-refractivity contribution in [3.63, 3.8) is 0 Å². The van der Waals surface area contributed by atoms with E-state index in [0.717, 1.165) is 43.5 Å². The third-order valence-corrected chi connectivity index (χ3v) is 6.13. The minimum absolute atomic E-state index is 0.105. The van der Waals surface area contributed by atoms with Crippen molar-refractivity contribution in [2.24, 2.45) is 11.7 Å². The number of hydrogen-bond acceptors (Lipinski definition) is 6. The lowest BCUT2D eigenvalue weighted by molar-refractivity contribution is -0.274. The molecule has 1 aliphatic rings. The van der Waals surface area contributed by atoms with Crippen LogP contribution in [-0.2, 0) is 0 Å². The average Bonchev–Trinajstić information content (AvgIpc) is 2.93. The maximum absolute atomic E-state index is 14.5. The van der Waals surface area contributed by atoms with Crippen LogP contribution in [-0.4, -0.2) is 36.4 Å². The van der Waals surface area contributed by atoms with Gasteiger partial charge in [-0.15, -0.1) is 13.2 Å². The number of nitrogens with one attached hydrogen (secondary N) is 1. The van der Waals surface area contributed by atoms with E-state index in [1.165, 1.54) is 37.6 Å². The van der Waals surface area contributed by atoms with E-state index in [9.17, 15) is 40.3 Å². The number of carbonyl (C=O) groups excluding carboxylic acids is 2. The third-order valence-electron chi connectivity index (χ3n) is 6.13. The highest BCUT2D eigenvalue weighted by atomic mass is 19.4. The van der Waals surface area contributed by atoms with Gasteiger partial charge in [0.2, 0.25) is 0 Å². The summed E-state index contributed by atoms with van der Waals surface area (Å²) >= 11 is 0. The predicted molar refractivity (Wildman–Crippen MR) is 139 cm³/mol. The van der Waals surface area contributed by atoms with Crippen molar-refractivity contribution in [1.82, 2.24) is 4.98 Å². The minimum atomic E-state index is -4.91. The van der Waals surface area contributed by atoms with Gasteiger partial charge in [-0.1, -0.05) is 25.3 Å². The average molecular weight is 618 g/mol. The zero-order valence-electron chi connectivity index (χ0n) is 22.5. The number of primary amides is 1. The number of nitrogens with two attached hydrogens (primary N) is 1. The van der Waals surface area contributed by atoms with Crippen LogP contribution in [0.25, 0.3) is 0 Å². The maximum Gasteiger partial charge on any atom is 0.573 e. The fraction of sp³-hybridized carbons (Fsp3) is 0.321. The summed E-state index contributed by atoms with van der Waals surface area (Å²) in [7, 11) is 1.18. The molecule has 1 fully saturated rings. The number of aromatic nitrogens is 1. The second kappa shape index (κ2) is 14.1. The molecule has 8 nitrogen and oxygen atoms in total. The van der Waals surface area contributed by atoms with Gasteiger partial charge in [-0.05, 0) is 49.2 Å². The third kappa shape index (κ3) is 9.75. The van der Waals surface area contributed by atoms with E-state index in [0.29, 0.717) is 12.8 Å². The van der Waals surface area contributed by atoms with Crippen LogP contribution in [0.15, 0.2) is 54.7 Å². The molecule has 4 rings (SSSR count). The molecule has 1 saturated carbocycles. The lowest BCUT2D eigenvalue weighted by atomic mass is 9.89. The van der Waals surface area contributed by atoms with Crippen molar-refractivity contribution in [3.05, 3.63) is 71.8 Å². The molecule has 43 heavy (non-hydrogen) atoms. The Morgan fingerprint density at radius 1 is 0.930 bits per heavy atom. The number of halogens is 7. The Hall–Kier alpha value is -4.56. The van der Waals surface area contributed by atoms with Gasteiger partial charge in [0.05, 0.1) is 13.0 Å². The smallest absolute Gasteiger partial charge is 0.493 e. The first-order valence-corrected chi connectivity index (χ1v) is 12.7. The first-order valence-electron chi connectivity index (χ1n) is 12.7. The number of carbonyl (C=O) groups is 2. The highest BCUT2D eigenvalue weighted by Gasteiger charge is 2.39. The Morgan fingerprint density at radius 2 is 1.63 bits per heavy atom. The van der Waals surface area contributed by atoms with E-state index in [2.05, 4.69) is 15.0 Å². The van der Waals surface area contributed by atoms with E-state index in [4.69, 9.17) is 15.2 Å². The highest BCUT2D eigenvalue weighted by molar-refractivity contribution is 6.07. The van der Waals surface area contributed by atoms with E-state index in [-0.39, 0.29) is 28.6 Å². The van der Waals surface area contributed by atoms with Crippen LogP contribution in [0.1, 0.15) is 53.0 Å². The van der Waals surface area contributed by atoms with E-state index >= 15 is 0 Å². The normalized spacial score (nSPS) is 13.8. The van der Waals surface area contributed by atoms with Crippen molar-refractivity contribution in [1.29, 1.82) is 0 Å². The van der Waals surface area contributed by atoms with Crippen molar-refractivity contribution >= 4 is 17.5 Å². The van der Waals surface area contributed by atoms with Crippen LogP contribution in [0.5, 0.6) is 23.0 Å². The number of anilines is 1. The minimum Gasteiger partial charge on any atom is -0.493 e. The Balaban J connectivity index is 0.000000428. The van der Waals surface area contributed by atoms with Gasteiger partial charge in [-0.2, -0.15) is 13.2 Å². The monoisotopic (exact) mass is 617 g/mol. The lowest BCUT2D eigenvalue weighted by Crippen LogP contribution is -2.24. The maximum atomic E-state index is 14.5. The predicted octanol–water partition coefficient (Wildman–Crippen LogP) is 7.40. The summed E-state index contributed by atoms with van der Waals surface area (Å²) in [5, 5.41) is 2.40. The zero-order chi connectivity index (χ0) is 31.8. The number of rotatable bonds is 7. The first-order chi connectivity index (χ1) is 20.2. The summed E-state index contributed by atoms with van der Waals surface area (Å²) in [6.07, 6.45) is -4.43. The quantitative estimate of drug-likeness (QED) is 0.267. The summed E-state index contributed by atoms with van der Waals surface area (Å²) in [6, 6.07) is 9.11. The van der Waals surface area contributed by atoms with E-state index < -0.39 is 47.4 Å². The van der Waals surface area contributed by atoms with Crippen LogP contribution < -0.4 is 25.3 Å². The summed E-state index contributed by atoms with van der Waals surface area (Å²) < 4.78 is 102. The molecule has 15 heteroatoms. The molecule has 2 amide bonds. The van der Waals surface area contributed by atoms with Crippen molar-refractivity contribution in [2.75, 3.05) is 12.4 Å². The molecule has 2 aromatic carbocycles. The molecular formula is C28H26F7N3O5. The standard InChI is InChI=1S/C21H15F4N3O5.C7H11F3/c1-31-17-10-12(33-21(23,24)25)5-6-15(17)32-16-4-2-3-13(22)18(16)20(30)28-11-7-8-27-14(9-11)19(26)29;8-7(9,10)6-4-2-1-3-5-6/h2-10H,1H3,(H2,26,29)(H,27,28,30);6H,1-5H2. The molecule has 0 atom stereocenters. The molecular weight excluding hydrogens is 591 g/mol. The molecule has 1 aromatic heterocycles. The van der Waals surface area contributed by atoms with Gasteiger partial charge in [-0.3, -0.25) is 14.6 Å². The van der Waals surface area contributed by atoms with Gasteiger partial charge in [-0.25, -0.2) is 4.39 Å². The molecule has 0 radical (unpaired) electrons. The summed E-state index contributed by atoms with van der Waals surface area (Å²) in [6.45, 7) is 0. The van der Waals surface area contributed by atoms with Gasteiger partial charge >= 0.3 is 12.5 Å². The molecule has 0 bridgehead atoms. The SMILES string of the molecule is COc1cc(OC(F)(F)F)ccc1Oc1cccc(F)c1C(=O)Nc1ccnc(C(N)=O)c1.FC(F)(F)C1CCCCC1. The van der Waals surface area contributed by atoms with Gasteiger partial charge in [0, 0.05) is 18.0 Å². The Morgan fingerprint density at radius 3 is 2.21 bits per heavy atom. The van der Waals surface area contributed by atoms with Crippen LogP contribution in [0.3, 0.4) is 0 Å². The molecule has 0 saturated heterocycles. The largest absolute Gasteiger partial charge is 0.573 e. The zero-order valence-corrected chi connectivity index (χ0v) is 22.5. The number of amides is 2. The van der Waals surface area contributed by atoms with E-state index in [1.807, 2.05) is 0 Å². The number of ether oxygens (including phenoxy) is 3. The van der Waals surface area contributed by atoms with Crippen LogP contribution in [0.2, 0.25) is 0 Å². The molecule has 3 N–H and O–H groups in total. The summed E-state index contributed by atoms with van der Waals surface area (Å²) in [5.41, 5.74) is 4.64. The van der Waals surface area contributed by atoms with Gasteiger partial charge in [0.25, 0.3) is 11.8 Å². The summed E-state index contributed by atoms with van der Waals surface area (Å²) in [4.78, 5) is 27.8. The number of pyridine rings is 1.